The Morgan fingerprint density at radius 3 is 2.37 bits per heavy atom. The second-order valence-corrected chi connectivity index (χ2v) is 11.7. The van der Waals surface area contributed by atoms with Gasteiger partial charge in [0.1, 0.15) is 11.6 Å². The van der Waals surface area contributed by atoms with Crippen LogP contribution >= 0.6 is 11.6 Å². The summed E-state index contributed by atoms with van der Waals surface area (Å²) in [5.74, 6) is 1.63. The van der Waals surface area contributed by atoms with Crippen molar-refractivity contribution in [3.8, 4) is 11.3 Å². The molecule has 0 amide bonds. The van der Waals surface area contributed by atoms with Gasteiger partial charge in [-0.15, -0.1) is 10.2 Å². The minimum atomic E-state index is -3.26. The SMILES string of the molecule is CS(=O)(=O)Nc1ccc(CN2C[C@H]3C[C@@H](Nc4ccc(-c5cc(F)ccc5Cl)nn4)C[C@H]3C2)cc1. The van der Waals surface area contributed by atoms with Gasteiger partial charge in [-0.3, -0.25) is 9.62 Å². The first-order valence-electron chi connectivity index (χ1n) is 11.6. The first-order valence-corrected chi connectivity index (χ1v) is 13.8. The van der Waals surface area contributed by atoms with E-state index in [4.69, 9.17) is 11.6 Å². The molecule has 3 atom stereocenters. The summed E-state index contributed by atoms with van der Waals surface area (Å²) in [4.78, 5) is 2.47. The molecule has 7 nitrogen and oxygen atoms in total. The average Bonchev–Trinajstić information content (AvgIpc) is 3.34. The smallest absolute Gasteiger partial charge is 0.229 e. The molecule has 1 saturated carbocycles. The molecule has 2 aromatic carbocycles. The lowest BCUT2D eigenvalue weighted by Gasteiger charge is -2.20. The number of hydrogen-bond donors (Lipinski definition) is 2. The Balaban J connectivity index is 1.13. The van der Waals surface area contributed by atoms with E-state index in [-0.39, 0.29) is 5.82 Å². The molecule has 3 aromatic rings. The molecule has 1 aliphatic heterocycles. The highest BCUT2D eigenvalue weighted by Gasteiger charge is 2.40. The summed E-state index contributed by atoms with van der Waals surface area (Å²) in [6, 6.07) is 15.8. The zero-order valence-corrected chi connectivity index (χ0v) is 20.9. The Kier molecular flexibility index (Phi) is 6.65. The molecule has 35 heavy (non-hydrogen) atoms. The predicted octanol–water partition coefficient (Wildman–Crippen LogP) is 4.63. The summed E-state index contributed by atoms with van der Waals surface area (Å²) >= 11 is 6.18. The first kappa shape index (κ1) is 24.0. The van der Waals surface area contributed by atoms with Crippen LogP contribution in [0.15, 0.2) is 54.6 Å². The van der Waals surface area contributed by atoms with Gasteiger partial charge >= 0.3 is 0 Å². The maximum atomic E-state index is 13.6. The van der Waals surface area contributed by atoms with Gasteiger partial charge in [-0.05, 0) is 72.7 Å². The summed E-state index contributed by atoms with van der Waals surface area (Å²) < 4.78 is 38.8. The molecule has 1 aliphatic carbocycles. The zero-order valence-electron chi connectivity index (χ0n) is 19.3. The van der Waals surface area contributed by atoms with Crippen LogP contribution in [0, 0.1) is 17.7 Å². The van der Waals surface area contributed by atoms with Crippen molar-refractivity contribution in [3.63, 3.8) is 0 Å². The van der Waals surface area contributed by atoms with Crippen LogP contribution in [-0.4, -0.2) is 48.9 Å². The number of benzene rings is 2. The van der Waals surface area contributed by atoms with Crippen molar-refractivity contribution in [2.24, 2.45) is 11.8 Å². The van der Waals surface area contributed by atoms with E-state index in [1.54, 1.807) is 0 Å². The average molecular weight is 516 g/mol. The fourth-order valence-corrected chi connectivity index (χ4v) is 6.03. The minimum Gasteiger partial charge on any atom is -0.366 e. The van der Waals surface area contributed by atoms with Crippen LogP contribution in [0.3, 0.4) is 0 Å². The zero-order chi connectivity index (χ0) is 24.6. The molecule has 2 heterocycles. The monoisotopic (exact) mass is 515 g/mol. The number of hydrogen-bond acceptors (Lipinski definition) is 6. The second kappa shape index (κ2) is 9.72. The number of anilines is 2. The van der Waals surface area contributed by atoms with E-state index in [1.165, 1.54) is 23.8 Å². The molecule has 2 N–H and O–H groups in total. The van der Waals surface area contributed by atoms with Gasteiger partial charge in [0.05, 0.1) is 17.0 Å². The van der Waals surface area contributed by atoms with Crippen LogP contribution in [0.1, 0.15) is 18.4 Å². The Morgan fingerprint density at radius 2 is 1.74 bits per heavy atom. The highest BCUT2D eigenvalue weighted by atomic mass is 35.5. The van der Waals surface area contributed by atoms with Crippen LogP contribution in [-0.2, 0) is 16.6 Å². The van der Waals surface area contributed by atoms with Crippen LogP contribution in [0.4, 0.5) is 15.9 Å². The topological polar surface area (TPSA) is 87.2 Å². The molecule has 10 heteroatoms. The van der Waals surface area contributed by atoms with Gasteiger partial charge in [-0.2, -0.15) is 0 Å². The molecular weight excluding hydrogens is 489 g/mol. The first-order chi connectivity index (χ1) is 16.7. The number of sulfonamides is 1. The number of fused-ring (bicyclic) bond motifs is 1. The predicted molar refractivity (Wildman–Crippen MR) is 136 cm³/mol. The van der Waals surface area contributed by atoms with Crippen molar-refractivity contribution in [2.45, 2.75) is 25.4 Å². The van der Waals surface area contributed by atoms with Gasteiger partial charge in [0.2, 0.25) is 10.0 Å². The van der Waals surface area contributed by atoms with Crippen molar-refractivity contribution in [2.75, 3.05) is 29.4 Å². The van der Waals surface area contributed by atoms with Gasteiger partial charge in [0, 0.05) is 36.9 Å². The number of aromatic nitrogens is 2. The second-order valence-electron chi connectivity index (χ2n) is 9.53. The van der Waals surface area contributed by atoms with Crippen molar-refractivity contribution in [1.29, 1.82) is 0 Å². The number of nitrogens with zero attached hydrogens (tertiary/aromatic N) is 3. The van der Waals surface area contributed by atoms with E-state index in [1.807, 2.05) is 36.4 Å². The van der Waals surface area contributed by atoms with Gasteiger partial charge in [0.25, 0.3) is 0 Å². The Hall–Kier alpha value is -2.75. The Morgan fingerprint density at radius 1 is 1.03 bits per heavy atom. The van der Waals surface area contributed by atoms with Crippen LogP contribution in [0.25, 0.3) is 11.3 Å². The number of nitrogens with one attached hydrogen (secondary N) is 2. The number of halogens is 2. The van der Waals surface area contributed by atoms with Gasteiger partial charge in [-0.25, -0.2) is 12.8 Å². The van der Waals surface area contributed by atoms with Crippen molar-refractivity contribution < 1.29 is 12.8 Å². The van der Waals surface area contributed by atoms with E-state index < -0.39 is 10.0 Å². The quantitative estimate of drug-likeness (QED) is 0.477. The summed E-state index contributed by atoms with van der Waals surface area (Å²) in [7, 11) is -3.26. The van der Waals surface area contributed by atoms with Crippen LogP contribution in [0.5, 0.6) is 0 Å². The van der Waals surface area contributed by atoms with E-state index in [9.17, 15) is 12.8 Å². The fourth-order valence-electron chi connectivity index (χ4n) is 5.25. The highest BCUT2D eigenvalue weighted by Crippen LogP contribution is 2.39. The lowest BCUT2D eigenvalue weighted by Crippen LogP contribution is -2.25. The fraction of sp³-hybridized carbons (Fsp3) is 0.360. The molecule has 0 bridgehead atoms. The van der Waals surface area contributed by atoms with Crippen molar-refractivity contribution in [1.82, 2.24) is 15.1 Å². The summed E-state index contributed by atoms with van der Waals surface area (Å²) in [6.07, 6.45) is 3.31. The normalized spacial score (nSPS) is 22.2. The summed E-state index contributed by atoms with van der Waals surface area (Å²) in [6.45, 7) is 2.96. The third-order valence-electron chi connectivity index (χ3n) is 6.71. The largest absolute Gasteiger partial charge is 0.366 e. The molecular formula is C25H27ClFN5O2S. The molecule has 2 aliphatic rings. The number of likely N-dealkylation sites (tertiary alicyclic amines) is 1. The molecule has 5 rings (SSSR count). The van der Waals surface area contributed by atoms with Gasteiger partial charge in [0.15, 0.2) is 0 Å². The molecule has 184 valence electrons. The third kappa shape index (κ3) is 5.91. The van der Waals surface area contributed by atoms with E-state index in [0.29, 0.717) is 45.7 Å². The van der Waals surface area contributed by atoms with Crippen LogP contribution < -0.4 is 10.0 Å². The molecule has 1 saturated heterocycles. The maximum absolute atomic E-state index is 13.6. The van der Waals surface area contributed by atoms with Crippen LogP contribution in [0.2, 0.25) is 5.02 Å². The minimum absolute atomic E-state index is 0.353. The summed E-state index contributed by atoms with van der Waals surface area (Å²) in [5, 5.41) is 12.5. The third-order valence-corrected chi connectivity index (χ3v) is 7.65. The molecule has 1 aromatic heterocycles. The molecule has 0 spiro atoms. The number of rotatable bonds is 7. The molecule has 0 unspecified atom stereocenters. The Bertz CT molecular complexity index is 1290. The lowest BCUT2D eigenvalue weighted by atomic mass is 10.0. The Labute approximate surface area is 209 Å². The standard InChI is InChI=1S/C25H27ClFN5O2S/c1-35(33,34)31-20-5-2-16(3-6-20)13-32-14-17-10-21(11-18(17)15-32)28-25-9-8-24(29-30-25)22-12-19(27)4-7-23(22)26/h2-9,12,17-18,21,31H,10-11,13-15H2,1H3,(H,28,30)/t17-,18+,21-. The van der Waals surface area contributed by atoms with E-state index in [0.717, 1.165) is 38.7 Å². The van der Waals surface area contributed by atoms with Crippen molar-refractivity contribution >= 4 is 33.1 Å². The lowest BCUT2D eigenvalue weighted by molar-refractivity contribution is 0.301. The highest BCUT2D eigenvalue weighted by molar-refractivity contribution is 7.92. The molecule has 0 radical (unpaired) electrons. The summed E-state index contributed by atoms with van der Waals surface area (Å²) in [5.41, 5.74) is 2.83. The molecule has 2 fully saturated rings. The maximum Gasteiger partial charge on any atom is 0.229 e. The van der Waals surface area contributed by atoms with Crippen molar-refractivity contribution in [3.05, 3.63) is 71.0 Å². The van der Waals surface area contributed by atoms with E-state index in [2.05, 4.69) is 25.1 Å². The van der Waals surface area contributed by atoms with Gasteiger partial charge < -0.3 is 5.32 Å². The van der Waals surface area contributed by atoms with Gasteiger partial charge in [-0.1, -0.05) is 23.7 Å². The van der Waals surface area contributed by atoms with E-state index >= 15 is 0 Å².